The smallest absolute Gasteiger partial charge is 0.135 e. The van der Waals surface area contributed by atoms with E-state index < -0.39 is 17.6 Å². The van der Waals surface area contributed by atoms with E-state index in [1.165, 1.54) is 17.7 Å². The first kappa shape index (κ1) is 46.1. The number of hydrogen-bond acceptors (Lipinski definition) is 5. The van der Waals surface area contributed by atoms with E-state index in [-0.39, 0.29) is 38.2 Å². The number of aromatic nitrogens is 2. The largest absolute Gasteiger partial charge is 0.509 e. The first-order valence-corrected chi connectivity index (χ1v) is 25.6. The maximum absolute atomic E-state index is 14.3. The van der Waals surface area contributed by atoms with Crippen molar-refractivity contribution in [2.75, 3.05) is 9.80 Å². The third kappa shape index (κ3) is 9.06. The van der Waals surface area contributed by atoms with Crippen molar-refractivity contribution in [3.63, 3.8) is 0 Å². The van der Waals surface area contributed by atoms with Gasteiger partial charge in [0.1, 0.15) is 22.8 Å². The third-order valence-electron chi connectivity index (χ3n) is 14.1. The molecule has 0 saturated carbocycles. The van der Waals surface area contributed by atoms with E-state index in [4.69, 9.17) is 14.1 Å². The molecule has 382 valence electrons. The van der Waals surface area contributed by atoms with E-state index in [2.05, 4.69) is 146 Å². The fourth-order valence-electron chi connectivity index (χ4n) is 10.6. The Hall–Kier alpha value is -8.25. The zero-order chi connectivity index (χ0) is 54.5. The van der Waals surface area contributed by atoms with E-state index in [1.807, 2.05) is 92.1 Å². The maximum atomic E-state index is 14.3. The Kier molecular flexibility index (Phi) is 11.6. The topological polar surface area (TPSA) is 46.7 Å². The van der Waals surface area contributed by atoms with E-state index in [9.17, 15) is 8.50 Å². The standard InChI is InChI=1S/C69H54FN4O2.Pt/c1-68(2,3)41-47-36-64(71-42-58(47)46-28-30-49(70)31-29-46)74-61-35-34-54-53-24-13-16-27-63(53)76-67(54)65(61)55-33-32-52(40-62(55)74)75-51-23-17-22-50(39-51)72-43-73(60-26-15-14-25-59(60)72)66-56(44-18-9-7-10-19-44)37-48(69(4,5)6)38-57(66)45-20-11-8-12-21-45;/h7-38,42-43H,41H2,1-6H3;/q-3;/i41D2,42D;. The van der Waals surface area contributed by atoms with Crippen LogP contribution in [0.25, 0.3) is 82.9 Å². The van der Waals surface area contributed by atoms with Gasteiger partial charge in [0, 0.05) is 91.5 Å². The molecule has 12 aromatic rings. The van der Waals surface area contributed by atoms with Gasteiger partial charge in [0.05, 0.1) is 1.37 Å². The second-order valence-corrected chi connectivity index (χ2v) is 21.5. The molecule has 13 rings (SSSR count). The summed E-state index contributed by atoms with van der Waals surface area (Å²) in [5.41, 5.74) is 12.3. The van der Waals surface area contributed by atoms with Crippen molar-refractivity contribution in [3.05, 3.63) is 236 Å². The Labute approximate surface area is 467 Å². The molecule has 77 heavy (non-hydrogen) atoms. The molecule has 0 aliphatic carbocycles. The number of hydrogen-bond donors (Lipinski definition) is 0. The Morgan fingerprint density at radius 2 is 1.25 bits per heavy atom. The molecular weight excluding hydrogens is 1130 g/mol. The summed E-state index contributed by atoms with van der Waals surface area (Å²) < 4.78 is 58.5. The molecule has 3 aromatic heterocycles. The van der Waals surface area contributed by atoms with E-state index in [0.29, 0.717) is 39.5 Å². The Bertz CT molecular complexity index is 4300. The zero-order valence-electron chi connectivity index (χ0n) is 46.4. The van der Waals surface area contributed by atoms with Gasteiger partial charge in [0.2, 0.25) is 0 Å². The van der Waals surface area contributed by atoms with E-state index >= 15 is 0 Å². The van der Waals surface area contributed by atoms with Crippen LogP contribution in [0.4, 0.5) is 27.1 Å². The summed E-state index contributed by atoms with van der Waals surface area (Å²) in [6.07, 6.45) is -2.12. The summed E-state index contributed by atoms with van der Waals surface area (Å²) in [5, 5.41) is 3.52. The van der Waals surface area contributed by atoms with Gasteiger partial charge in [-0.25, -0.2) is 9.37 Å². The van der Waals surface area contributed by atoms with Gasteiger partial charge in [-0.3, -0.25) is 0 Å². The molecule has 0 atom stereocenters. The summed E-state index contributed by atoms with van der Waals surface area (Å²) >= 11 is 0. The van der Waals surface area contributed by atoms with Gasteiger partial charge in [-0.05, 0) is 111 Å². The second kappa shape index (κ2) is 19.4. The van der Waals surface area contributed by atoms with Crippen LogP contribution in [0.3, 0.4) is 0 Å². The van der Waals surface area contributed by atoms with E-state index in [1.54, 1.807) is 18.2 Å². The summed E-state index contributed by atoms with van der Waals surface area (Å²) in [6.45, 7) is 14.4. The number of anilines is 4. The Morgan fingerprint density at radius 1 is 0.623 bits per heavy atom. The number of benzene rings is 9. The van der Waals surface area contributed by atoms with Gasteiger partial charge in [0.15, 0.2) is 0 Å². The minimum absolute atomic E-state index is 0. The van der Waals surface area contributed by atoms with Crippen molar-refractivity contribution in [1.29, 1.82) is 0 Å². The van der Waals surface area contributed by atoms with Crippen LogP contribution >= 0.6 is 0 Å². The van der Waals surface area contributed by atoms with Gasteiger partial charge in [-0.1, -0.05) is 156 Å². The second-order valence-electron chi connectivity index (χ2n) is 21.5. The van der Waals surface area contributed by atoms with Crippen molar-refractivity contribution < 1.29 is 38.7 Å². The van der Waals surface area contributed by atoms with Crippen molar-refractivity contribution in [3.8, 4) is 50.7 Å². The molecule has 8 heteroatoms. The predicted octanol–water partition coefficient (Wildman–Crippen LogP) is 18.9. The molecule has 9 aromatic carbocycles. The van der Waals surface area contributed by atoms with Crippen molar-refractivity contribution in [1.82, 2.24) is 9.55 Å². The molecule has 0 unspecified atom stereocenters. The first-order chi connectivity index (χ1) is 38.0. The molecule has 4 heterocycles. The van der Waals surface area contributed by atoms with E-state index in [0.717, 1.165) is 77.6 Å². The quantitative estimate of drug-likeness (QED) is 0.135. The monoisotopic (exact) mass is 1190 g/mol. The van der Waals surface area contributed by atoms with Crippen molar-refractivity contribution in [2.45, 2.75) is 53.3 Å². The number of fused-ring (bicyclic) bond motifs is 8. The average Bonchev–Trinajstić information content (AvgIpc) is 4.15. The van der Waals surface area contributed by atoms with Crippen LogP contribution in [0.15, 0.2) is 205 Å². The summed E-state index contributed by atoms with van der Waals surface area (Å²) in [7, 11) is 0. The van der Waals surface area contributed by atoms with Gasteiger partial charge >= 0.3 is 0 Å². The van der Waals surface area contributed by atoms with Crippen molar-refractivity contribution >= 4 is 66.5 Å². The number of para-hydroxylation sites is 3. The molecule has 0 amide bonds. The van der Waals surface area contributed by atoms with Gasteiger partial charge < -0.3 is 23.5 Å². The van der Waals surface area contributed by atoms with Gasteiger partial charge in [-0.2, -0.15) is 12.1 Å². The molecule has 0 bridgehead atoms. The number of rotatable bonds is 9. The maximum Gasteiger partial charge on any atom is 0.135 e. The fourth-order valence-corrected chi connectivity index (χ4v) is 10.6. The average molecular weight is 1190 g/mol. The molecule has 0 radical (unpaired) electrons. The first-order valence-electron chi connectivity index (χ1n) is 27.1. The number of pyridine rings is 1. The minimum atomic E-state index is -1.97. The molecule has 6 nitrogen and oxygen atoms in total. The molecule has 0 N–H and O–H groups in total. The Morgan fingerprint density at radius 3 is 1.94 bits per heavy atom. The van der Waals surface area contributed by atoms with Crippen LogP contribution in [0.1, 0.15) is 56.8 Å². The summed E-state index contributed by atoms with van der Waals surface area (Å²) in [6, 6.07) is 70.7. The molecule has 1 aliphatic rings. The fraction of sp³-hybridized carbons (Fsp3) is 0.130. The van der Waals surface area contributed by atoms with Gasteiger partial charge in [-0.15, -0.1) is 42.7 Å². The number of ether oxygens (including phenoxy) is 1. The minimum Gasteiger partial charge on any atom is -0.509 e. The molecule has 0 saturated heterocycles. The van der Waals surface area contributed by atoms with Crippen LogP contribution in [0, 0.1) is 30.0 Å². The normalized spacial score (nSPS) is 13.5. The third-order valence-corrected chi connectivity index (χ3v) is 14.1. The van der Waals surface area contributed by atoms with Crippen LogP contribution in [-0.4, -0.2) is 9.55 Å². The Balaban J connectivity index is 0.00000637. The van der Waals surface area contributed by atoms with Gasteiger partial charge in [0.25, 0.3) is 0 Å². The summed E-state index contributed by atoms with van der Waals surface area (Å²) in [4.78, 5) is 9.38. The molecule has 0 spiro atoms. The molecule has 0 fully saturated rings. The number of furan rings is 1. The molecule has 1 aliphatic heterocycles. The van der Waals surface area contributed by atoms with Crippen molar-refractivity contribution in [2.24, 2.45) is 5.41 Å². The molecular formula is C69H54FN4O2Pt-3. The van der Waals surface area contributed by atoms with Crippen LogP contribution in [0.5, 0.6) is 11.5 Å². The summed E-state index contributed by atoms with van der Waals surface area (Å²) in [5.74, 6) is 0.736. The predicted molar refractivity (Wildman–Crippen MR) is 310 cm³/mol. The SMILES string of the molecule is [2H]c1nc(-n2c3[c-]c(Oc4[c-]c(N5[CH-]N(c6c(-c7ccccc7)cc(C(C)(C)C)cc6-c6ccccc6)c6ccccc65)ccc4)ccc3c3c4oc5ccccc5c4ccc32)cc(C([2H])([2H])C(C)(C)C)c1-c1ccc(F)cc1.[Pt]. The zero-order valence-corrected chi connectivity index (χ0v) is 45.6. The van der Waals surface area contributed by atoms with Crippen LogP contribution in [0.2, 0.25) is 0 Å². The number of nitrogens with zero attached hydrogens (tertiary/aromatic N) is 4. The number of halogens is 1. The van der Waals surface area contributed by atoms with Crippen LogP contribution < -0.4 is 14.5 Å². The van der Waals surface area contributed by atoms with Crippen LogP contribution in [-0.2, 0) is 32.9 Å².